The third-order valence-electron chi connectivity index (χ3n) is 1.34. The maximum absolute atomic E-state index is 4.88. The van der Waals surface area contributed by atoms with E-state index in [4.69, 9.17) is 4.52 Å². The molecular weight excluding hydrogens is 184 g/mol. The van der Waals surface area contributed by atoms with Crippen LogP contribution in [0.3, 0.4) is 0 Å². The largest absolute Gasteiger partial charge is 0.338 e. The van der Waals surface area contributed by atoms with Crippen molar-refractivity contribution in [1.29, 1.82) is 0 Å². The first kappa shape index (κ1) is 5.41. The molecule has 0 aromatic carbocycles. The molecule has 1 aliphatic rings. The summed E-state index contributed by atoms with van der Waals surface area (Å²) in [5, 5.41) is 3.61. The van der Waals surface area contributed by atoms with Gasteiger partial charge in [-0.25, -0.2) is 0 Å². The summed E-state index contributed by atoms with van der Waals surface area (Å²) in [6.45, 7) is 0. The lowest BCUT2D eigenvalue weighted by Crippen LogP contribution is -1.74. The van der Waals surface area contributed by atoms with Gasteiger partial charge < -0.3 is 4.52 Å². The van der Waals surface area contributed by atoms with Crippen molar-refractivity contribution >= 4 is 15.9 Å². The molecule has 0 aliphatic heterocycles. The Morgan fingerprint density at radius 2 is 2.33 bits per heavy atom. The highest BCUT2D eigenvalue weighted by Gasteiger charge is 2.29. The molecule has 1 aromatic rings. The second-order valence-electron chi connectivity index (χ2n) is 2.18. The van der Waals surface area contributed by atoms with E-state index in [0.717, 1.165) is 5.89 Å². The predicted molar refractivity (Wildman–Crippen MR) is 34.0 cm³/mol. The van der Waals surface area contributed by atoms with E-state index >= 15 is 0 Å². The zero-order valence-corrected chi connectivity index (χ0v) is 6.26. The molecule has 0 spiro atoms. The van der Waals surface area contributed by atoms with Crippen LogP contribution in [0.25, 0.3) is 0 Å². The van der Waals surface area contributed by atoms with Gasteiger partial charge in [0.2, 0.25) is 10.6 Å². The van der Waals surface area contributed by atoms with Gasteiger partial charge in [-0.2, -0.15) is 4.98 Å². The SMILES string of the molecule is Brc1noc(C2CC2)n1. The summed E-state index contributed by atoms with van der Waals surface area (Å²) < 4.78 is 5.44. The first-order valence-corrected chi connectivity index (χ1v) is 3.64. The molecule has 1 aliphatic carbocycles. The molecule has 3 nitrogen and oxygen atoms in total. The fourth-order valence-corrected chi connectivity index (χ4v) is 0.959. The topological polar surface area (TPSA) is 38.9 Å². The van der Waals surface area contributed by atoms with E-state index in [0.29, 0.717) is 10.7 Å². The summed E-state index contributed by atoms with van der Waals surface area (Å²) in [6, 6.07) is 0. The van der Waals surface area contributed by atoms with Crippen LogP contribution < -0.4 is 0 Å². The fraction of sp³-hybridized carbons (Fsp3) is 0.600. The van der Waals surface area contributed by atoms with E-state index < -0.39 is 0 Å². The van der Waals surface area contributed by atoms with Crippen molar-refractivity contribution in [3.63, 3.8) is 0 Å². The van der Waals surface area contributed by atoms with Crippen LogP contribution in [0.5, 0.6) is 0 Å². The number of hydrogen-bond donors (Lipinski definition) is 0. The Balaban J connectivity index is 2.28. The van der Waals surface area contributed by atoms with Crippen LogP contribution in [0, 0.1) is 0 Å². The number of nitrogens with zero attached hydrogens (tertiary/aromatic N) is 2. The standard InChI is InChI=1S/C5H5BrN2O/c6-5-7-4(9-8-5)3-1-2-3/h3H,1-2H2. The number of rotatable bonds is 1. The Labute approximate surface area is 60.6 Å². The van der Waals surface area contributed by atoms with E-state index in [9.17, 15) is 0 Å². The number of hydrogen-bond acceptors (Lipinski definition) is 3. The molecule has 1 saturated carbocycles. The molecule has 48 valence electrons. The zero-order valence-electron chi connectivity index (χ0n) is 4.67. The van der Waals surface area contributed by atoms with Gasteiger partial charge in [-0.05, 0) is 33.9 Å². The molecule has 9 heavy (non-hydrogen) atoms. The summed E-state index contributed by atoms with van der Waals surface area (Å²) in [5.74, 6) is 1.34. The van der Waals surface area contributed by atoms with Crippen LogP contribution in [0.2, 0.25) is 0 Å². The normalized spacial score (nSPS) is 18.3. The van der Waals surface area contributed by atoms with Gasteiger partial charge in [0.05, 0.1) is 0 Å². The second-order valence-corrected chi connectivity index (χ2v) is 2.89. The highest BCUT2D eigenvalue weighted by atomic mass is 79.9. The van der Waals surface area contributed by atoms with Crippen molar-refractivity contribution in [1.82, 2.24) is 10.1 Å². The van der Waals surface area contributed by atoms with Gasteiger partial charge in [-0.15, -0.1) is 0 Å². The molecule has 0 saturated heterocycles. The van der Waals surface area contributed by atoms with Gasteiger partial charge in [0.15, 0.2) is 0 Å². The maximum atomic E-state index is 4.88. The first-order chi connectivity index (χ1) is 4.36. The van der Waals surface area contributed by atoms with Crippen LogP contribution in [0.4, 0.5) is 0 Å². The minimum absolute atomic E-state index is 0.559. The first-order valence-electron chi connectivity index (χ1n) is 2.85. The molecule has 0 unspecified atom stereocenters. The summed E-state index contributed by atoms with van der Waals surface area (Å²) in [4.78, 5) is 4.01. The van der Waals surface area contributed by atoms with Crippen molar-refractivity contribution < 1.29 is 4.52 Å². The zero-order chi connectivity index (χ0) is 6.27. The fourth-order valence-electron chi connectivity index (χ4n) is 0.712. The molecule has 0 N–H and O–H groups in total. The minimum Gasteiger partial charge on any atom is -0.338 e. The van der Waals surface area contributed by atoms with E-state index in [1.165, 1.54) is 12.8 Å². The Morgan fingerprint density at radius 3 is 2.78 bits per heavy atom. The summed E-state index contributed by atoms with van der Waals surface area (Å²) in [6.07, 6.45) is 2.41. The highest BCUT2D eigenvalue weighted by Crippen LogP contribution is 2.39. The van der Waals surface area contributed by atoms with Gasteiger partial charge in [0, 0.05) is 5.92 Å². The third kappa shape index (κ3) is 0.986. The average molecular weight is 189 g/mol. The van der Waals surface area contributed by atoms with Gasteiger partial charge in [0.1, 0.15) is 0 Å². The van der Waals surface area contributed by atoms with E-state index in [1.54, 1.807) is 0 Å². The summed E-state index contributed by atoms with van der Waals surface area (Å²) in [7, 11) is 0. The lowest BCUT2D eigenvalue weighted by atomic mass is 10.4. The molecular formula is C5H5BrN2O. The van der Waals surface area contributed by atoms with Crippen molar-refractivity contribution in [2.75, 3.05) is 0 Å². The highest BCUT2D eigenvalue weighted by molar-refractivity contribution is 9.10. The Hall–Kier alpha value is -0.380. The second kappa shape index (κ2) is 1.80. The van der Waals surface area contributed by atoms with Crippen LogP contribution in [0.15, 0.2) is 9.26 Å². The molecule has 1 fully saturated rings. The molecule has 0 bridgehead atoms. The van der Waals surface area contributed by atoms with E-state index in [-0.39, 0.29) is 0 Å². The van der Waals surface area contributed by atoms with E-state index in [2.05, 4.69) is 26.1 Å². The molecule has 0 radical (unpaired) electrons. The predicted octanol–water partition coefficient (Wildman–Crippen LogP) is 1.71. The number of aromatic nitrogens is 2. The van der Waals surface area contributed by atoms with E-state index in [1.807, 2.05) is 0 Å². The summed E-state index contributed by atoms with van der Waals surface area (Å²) >= 11 is 3.11. The lowest BCUT2D eigenvalue weighted by Gasteiger charge is -1.77. The van der Waals surface area contributed by atoms with Crippen LogP contribution >= 0.6 is 15.9 Å². The molecule has 2 rings (SSSR count). The molecule has 0 amide bonds. The quantitative estimate of drug-likeness (QED) is 0.674. The van der Waals surface area contributed by atoms with Gasteiger partial charge in [-0.3, -0.25) is 0 Å². The smallest absolute Gasteiger partial charge is 0.238 e. The molecule has 4 heteroatoms. The van der Waals surface area contributed by atoms with Crippen LogP contribution in [0.1, 0.15) is 24.7 Å². The van der Waals surface area contributed by atoms with Crippen molar-refractivity contribution in [2.45, 2.75) is 18.8 Å². The van der Waals surface area contributed by atoms with Crippen molar-refractivity contribution in [3.05, 3.63) is 10.6 Å². The van der Waals surface area contributed by atoms with Crippen LogP contribution in [-0.4, -0.2) is 10.1 Å². The molecule has 1 heterocycles. The Morgan fingerprint density at radius 1 is 1.56 bits per heavy atom. The van der Waals surface area contributed by atoms with Gasteiger partial charge in [0.25, 0.3) is 0 Å². The van der Waals surface area contributed by atoms with Crippen LogP contribution in [-0.2, 0) is 0 Å². The van der Waals surface area contributed by atoms with Gasteiger partial charge in [-0.1, -0.05) is 0 Å². The monoisotopic (exact) mass is 188 g/mol. The Kier molecular flexibility index (Phi) is 1.08. The van der Waals surface area contributed by atoms with Crippen molar-refractivity contribution in [3.8, 4) is 0 Å². The minimum atomic E-state index is 0.559. The average Bonchev–Trinajstić information content (AvgIpc) is 2.58. The third-order valence-corrected chi connectivity index (χ3v) is 1.67. The van der Waals surface area contributed by atoms with Gasteiger partial charge >= 0.3 is 0 Å². The molecule has 0 atom stereocenters. The molecule has 1 aromatic heterocycles. The van der Waals surface area contributed by atoms with Crippen molar-refractivity contribution in [2.24, 2.45) is 0 Å². The number of halogens is 1. The summed E-state index contributed by atoms with van der Waals surface area (Å²) in [5.41, 5.74) is 0. The Bertz CT molecular complexity index is 218. The lowest BCUT2D eigenvalue weighted by molar-refractivity contribution is 0.376. The maximum Gasteiger partial charge on any atom is 0.238 e.